The van der Waals surface area contributed by atoms with Gasteiger partial charge in [-0.1, -0.05) is 13.8 Å². The second kappa shape index (κ2) is 9.43. The summed E-state index contributed by atoms with van der Waals surface area (Å²) in [6.45, 7) is 13.0. The van der Waals surface area contributed by atoms with E-state index in [1.807, 2.05) is 0 Å². The van der Waals surface area contributed by atoms with E-state index < -0.39 is 0 Å². The van der Waals surface area contributed by atoms with Gasteiger partial charge in [0.15, 0.2) is 5.65 Å². The fourth-order valence-electron chi connectivity index (χ4n) is 4.94. The molecule has 0 bridgehead atoms. The molecule has 0 atom stereocenters. The zero-order valence-electron chi connectivity index (χ0n) is 18.4. The molecule has 160 valence electrons. The van der Waals surface area contributed by atoms with E-state index in [9.17, 15) is 0 Å². The molecule has 4 rings (SSSR count). The predicted molar refractivity (Wildman–Crippen MR) is 118 cm³/mol. The SMILES string of the molecule is CCCN1CCC(CNc2c(CC)c(C)nc3cc(C4CCOCC4)nn23)CC1. The van der Waals surface area contributed by atoms with Crippen LogP contribution in [0.1, 0.15) is 68.8 Å². The molecule has 2 fully saturated rings. The van der Waals surface area contributed by atoms with Crippen LogP contribution in [0.25, 0.3) is 5.65 Å². The maximum atomic E-state index is 5.54. The van der Waals surface area contributed by atoms with Crippen LogP contribution in [0.15, 0.2) is 6.07 Å². The number of rotatable bonds is 7. The highest BCUT2D eigenvalue weighted by Crippen LogP contribution is 2.29. The van der Waals surface area contributed by atoms with Crippen molar-refractivity contribution in [3.05, 3.63) is 23.0 Å². The summed E-state index contributed by atoms with van der Waals surface area (Å²) in [5, 5.41) is 8.81. The van der Waals surface area contributed by atoms with E-state index in [0.29, 0.717) is 5.92 Å². The monoisotopic (exact) mass is 399 g/mol. The van der Waals surface area contributed by atoms with Crippen molar-refractivity contribution in [2.24, 2.45) is 5.92 Å². The maximum absolute atomic E-state index is 5.54. The number of ether oxygens (including phenoxy) is 1. The lowest BCUT2D eigenvalue weighted by atomic mass is 9.96. The molecule has 0 radical (unpaired) electrons. The van der Waals surface area contributed by atoms with Gasteiger partial charge >= 0.3 is 0 Å². The Morgan fingerprint density at radius 2 is 1.90 bits per heavy atom. The Hall–Kier alpha value is -1.66. The van der Waals surface area contributed by atoms with Gasteiger partial charge in [0.1, 0.15) is 5.82 Å². The second-order valence-corrected chi connectivity index (χ2v) is 8.77. The van der Waals surface area contributed by atoms with Gasteiger partial charge in [-0.3, -0.25) is 0 Å². The summed E-state index contributed by atoms with van der Waals surface area (Å²) in [5.74, 6) is 2.39. The number of hydrogen-bond donors (Lipinski definition) is 1. The van der Waals surface area contributed by atoms with Crippen LogP contribution in [0.3, 0.4) is 0 Å². The summed E-state index contributed by atoms with van der Waals surface area (Å²) in [6, 6.07) is 2.19. The molecule has 2 saturated heterocycles. The van der Waals surface area contributed by atoms with Crippen molar-refractivity contribution in [2.45, 2.75) is 65.2 Å². The van der Waals surface area contributed by atoms with Gasteiger partial charge in [0, 0.05) is 43.0 Å². The number of likely N-dealkylation sites (tertiary alicyclic amines) is 1. The summed E-state index contributed by atoms with van der Waals surface area (Å²) >= 11 is 0. The summed E-state index contributed by atoms with van der Waals surface area (Å²) in [6.07, 6.45) is 6.91. The van der Waals surface area contributed by atoms with Crippen molar-refractivity contribution < 1.29 is 4.74 Å². The standard InChI is InChI=1S/C23H37N5O/c1-4-10-27-11-6-18(7-12-27)16-24-23-20(5-2)17(3)25-22-15-21(26-28(22)23)19-8-13-29-14-9-19/h15,18-19,24H,4-14,16H2,1-3H3. The third kappa shape index (κ3) is 4.58. The van der Waals surface area contributed by atoms with E-state index in [1.54, 1.807) is 0 Å². The molecule has 2 aromatic rings. The fourth-order valence-corrected chi connectivity index (χ4v) is 4.94. The molecule has 4 heterocycles. The van der Waals surface area contributed by atoms with Gasteiger partial charge in [-0.2, -0.15) is 9.61 Å². The van der Waals surface area contributed by atoms with Gasteiger partial charge in [0.2, 0.25) is 0 Å². The number of hydrogen-bond acceptors (Lipinski definition) is 5. The summed E-state index contributed by atoms with van der Waals surface area (Å²) < 4.78 is 7.61. The zero-order valence-corrected chi connectivity index (χ0v) is 18.4. The lowest BCUT2D eigenvalue weighted by molar-refractivity contribution is 0.0844. The Labute approximate surface area is 175 Å². The van der Waals surface area contributed by atoms with Gasteiger partial charge in [-0.25, -0.2) is 4.98 Å². The molecular weight excluding hydrogens is 362 g/mol. The first kappa shape index (κ1) is 20.6. The highest BCUT2D eigenvalue weighted by atomic mass is 16.5. The minimum absolute atomic E-state index is 0.492. The number of fused-ring (bicyclic) bond motifs is 1. The van der Waals surface area contributed by atoms with Crippen LogP contribution in [0.4, 0.5) is 5.82 Å². The average Bonchev–Trinajstić information content (AvgIpc) is 3.17. The first-order valence-corrected chi connectivity index (χ1v) is 11.6. The van der Waals surface area contributed by atoms with E-state index in [0.717, 1.165) is 62.1 Å². The highest BCUT2D eigenvalue weighted by molar-refractivity contribution is 5.56. The minimum atomic E-state index is 0.492. The molecule has 6 heteroatoms. The van der Waals surface area contributed by atoms with Crippen molar-refractivity contribution in [3.8, 4) is 0 Å². The van der Waals surface area contributed by atoms with E-state index in [4.69, 9.17) is 14.8 Å². The molecule has 1 N–H and O–H groups in total. The molecule has 29 heavy (non-hydrogen) atoms. The third-order valence-electron chi connectivity index (χ3n) is 6.72. The number of aromatic nitrogens is 3. The van der Waals surface area contributed by atoms with E-state index in [1.165, 1.54) is 50.2 Å². The van der Waals surface area contributed by atoms with Crippen molar-refractivity contribution in [1.29, 1.82) is 0 Å². The molecule has 0 saturated carbocycles. The van der Waals surface area contributed by atoms with E-state index in [-0.39, 0.29) is 0 Å². The molecule has 2 aliphatic rings. The summed E-state index contributed by atoms with van der Waals surface area (Å²) in [5.41, 5.74) is 4.56. The van der Waals surface area contributed by atoms with Crippen molar-refractivity contribution >= 4 is 11.5 Å². The van der Waals surface area contributed by atoms with E-state index in [2.05, 4.69) is 41.6 Å². The number of nitrogens with one attached hydrogen (secondary N) is 1. The highest BCUT2D eigenvalue weighted by Gasteiger charge is 2.23. The molecule has 0 unspecified atom stereocenters. The molecule has 2 aliphatic heterocycles. The summed E-state index contributed by atoms with van der Waals surface area (Å²) in [7, 11) is 0. The van der Waals surface area contributed by atoms with Gasteiger partial charge < -0.3 is 15.0 Å². The van der Waals surface area contributed by atoms with Crippen LogP contribution in [0.5, 0.6) is 0 Å². The molecule has 0 spiro atoms. The smallest absolute Gasteiger partial charge is 0.157 e. The van der Waals surface area contributed by atoms with Gasteiger partial charge in [-0.05, 0) is 71.0 Å². The molecule has 0 aromatic carbocycles. The van der Waals surface area contributed by atoms with Gasteiger partial charge in [0.25, 0.3) is 0 Å². The third-order valence-corrected chi connectivity index (χ3v) is 6.72. The number of anilines is 1. The quantitative estimate of drug-likeness (QED) is 0.762. The average molecular weight is 400 g/mol. The molecule has 0 aliphatic carbocycles. The first-order valence-electron chi connectivity index (χ1n) is 11.6. The lowest BCUT2D eigenvalue weighted by Crippen LogP contribution is -2.36. The van der Waals surface area contributed by atoms with Crippen LogP contribution < -0.4 is 5.32 Å². The van der Waals surface area contributed by atoms with Gasteiger partial charge in [-0.15, -0.1) is 0 Å². The van der Waals surface area contributed by atoms with Crippen LogP contribution in [-0.4, -0.2) is 58.9 Å². The molecule has 6 nitrogen and oxygen atoms in total. The number of aryl methyl sites for hydroxylation is 1. The number of piperidine rings is 1. The summed E-state index contributed by atoms with van der Waals surface area (Å²) in [4.78, 5) is 7.48. The second-order valence-electron chi connectivity index (χ2n) is 8.77. The largest absolute Gasteiger partial charge is 0.381 e. The molecule has 2 aromatic heterocycles. The van der Waals surface area contributed by atoms with Crippen molar-refractivity contribution in [2.75, 3.05) is 44.7 Å². The molecular formula is C23H37N5O. The zero-order chi connectivity index (χ0) is 20.2. The first-order chi connectivity index (χ1) is 14.2. The van der Waals surface area contributed by atoms with Crippen LogP contribution in [0, 0.1) is 12.8 Å². The van der Waals surface area contributed by atoms with Gasteiger partial charge in [0.05, 0.1) is 5.69 Å². The van der Waals surface area contributed by atoms with Crippen molar-refractivity contribution in [1.82, 2.24) is 19.5 Å². The Morgan fingerprint density at radius 1 is 1.14 bits per heavy atom. The van der Waals surface area contributed by atoms with Crippen molar-refractivity contribution in [3.63, 3.8) is 0 Å². The Balaban J connectivity index is 1.53. The maximum Gasteiger partial charge on any atom is 0.157 e. The predicted octanol–water partition coefficient (Wildman–Crippen LogP) is 4.03. The van der Waals surface area contributed by atoms with Crippen LogP contribution in [0.2, 0.25) is 0 Å². The van der Waals surface area contributed by atoms with Crippen LogP contribution >= 0.6 is 0 Å². The Bertz CT molecular complexity index is 803. The Kier molecular flexibility index (Phi) is 6.70. The fraction of sp³-hybridized carbons (Fsp3) is 0.739. The Morgan fingerprint density at radius 3 is 2.59 bits per heavy atom. The van der Waals surface area contributed by atoms with E-state index >= 15 is 0 Å². The lowest BCUT2D eigenvalue weighted by Gasteiger charge is -2.32. The topological polar surface area (TPSA) is 54.7 Å². The van der Waals surface area contributed by atoms with Crippen LogP contribution in [-0.2, 0) is 11.2 Å². The normalized spacial score (nSPS) is 19.8. The number of nitrogens with zero attached hydrogens (tertiary/aromatic N) is 4. The molecule has 0 amide bonds. The minimum Gasteiger partial charge on any atom is -0.381 e.